The Morgan fingerprint density at radius 3 is 2.14 bits per heavy atom. The zero-order chi connectivity index (χ0) is 25.7. The number of hydrogen-bond acceptors (Lipinski definition) is 9. The lowest BCUT2D eigenvalue weighted by molar-refractivity contribution is 0.0985. The van der Waals surface area contributed by atoms with Crippen molar-refractivity contribution in [3.05, 3.63) is 46.5 Å². The van der Waals surface area contributed by atoms with Crippen LogP contribution in [-0.4, -0.2) is 106 Å². The number of benzene rings is 2. The molecule has 4 N–H and O–H groups in total. The predicted molar refractivity (Wildman–Crippen MR) is 139 cm³/mol. The van der Waals surface area contributed by atoms with Crippen LogP contribution in [0.25, 0.3) is 0 Å². The maximum absolute atomic E-state index is 13.9. The van der Waals surface area contributed by atoms with E-state index in [0.29, 0.717) is 43.1 Å². The second-order valence-corrected chi connectivity index (χ2v) is 9.39. The molecular weight excluding hydrogens is 446 g/mol. The number of ketones is 2. The molecule has 9 heteroatoms. The van der Waals surface area contributed by atoms with Gasteiger partial charge in [0, 0.05) is 62.6 Å². The van der Waals surface area contributed by atoms with Gasteiger partial charge in [-0.2, -0.15) is 0 Å². The third kappa shape index (κ3) is 5.93. The quantitative estimate of drug-likeness (QED) is 0.355. The number of anilines is 2. The first kappa shape index (κ1) is 26.5. The van der Waals surface area contributed by atoms with Crippen molar-refractivity contribution in [2.45, 2.75) is 6.42 Å². The smallest absolute Gasteiger partial charge is 0.200 e. The molecular formula is C26H37N5O4. The first-order chi connectivity index (χ1) is 16.6. The van der Waals surface area contributed by atoms with Crippen molar-refractivity contribution < 1.29 is 19.8 Å². The average molecular weight is 484 g/mol. The fraction of sp³-hybridized carbons (Fsp3) is 0.462. The largest absolute Gasteiger partial charge is 0.508 e. The number of nitrogens with zero attached hydrogens (tertiary/aromatic N) is 3. The van der Waals surface area contributed by atoms with E-state index in [1.165, 1.54) is 12.1 Å². The van der Waals surface area contributed by atoms with E-state index in [1.807, 2.05) is 52.3 Å². The van der Waals surface area contributed by atoms with Gasteiger partial charge in [0.15, 0.2) is 11.6 Å². The van der Waals surface area contributed by atoms with Crippen molar-refractivity contribution in [1.29, 1.82) is 0 Å². The molecule has 0 radical (unpaired) electrons. The number of fused-ring (bicyclic) bond motifs is 2. The minimum Gasteiger partial charge on any atom is -0.508 e. The van der Waals surface area contributed by atoms with Gasteiger partial charge in [-0.25, -0.2) is 0 Å². The summed E-state index contributed by atoms with van der Waals surface area (Å²) in [5.74, 6) is -1.15. The maximum Gasteiger partial charge on any atom is 0.200 e. The van der Waals surface area contributed by atoms with Gasteiger partial charge < -0.3 is 35.5 Å². The van der Waals surface area contributed by atoms with Crippen LogP contribution >= 0.6 is 0 Å². The summed E-state index contributed by atoms with van der Waals surface area (Å²) >= 11 is 0. The topological polar surface area (TPSA) is 108 Å². The molecule has 0 unspecified atom stereocenters. The van der Waals surface area contributed by atoms with Gasteiger partial charge in [-0.1, -0.05) is 0 Å². The number of hydrogen-bond donors (Lipinski definition) is 4. The van der Waals surface area contributed by atoms with Crippen molar-refractivity contribution in [3.8, 4) is 11.5 Å². The zero-order valence-corrected chi connectivity index (χ0v) is 21.3. The Labute approximate surface area is 207 Å². The number of phenols is 2. The molecule has 0 spiro atoms. The highest BCUT2D eigenvalue weighted by Crippen LogP contribution is 2.40. The lowest BCUT2D eigenvalue weighted by Gasteiger charge is -2.29. The van der Waals surface area contributed by atoms with Crippen LogP contribution in [0.1, 0.15) is 31.8 Å². The number of rotatable bonds is 11. The molecule has 0 amide bonds. The Morgan fingerprint density at radius 1 is 0.800 bits per heavy atom. The minimum atomic E-state index is -0.468. The van der Waals surface area contributed by atoms with E-state index < -0.39 is 5.78 Å². The van der Waals surface area contributed by atoms with Crippen molar-refractivity contribution in [2.24, 2.45) is 0 Å². The predicted octanol–water partition coefficient (Wildman–Crippen LogP) is 1.63. The molecule has 0 fully saturated rings. The van der Waals surface area contributed by atoms with Crippen molar-refractivity contribution in [1.82, 2.24) is 15.1 Å². The fourth-order valence-corrected chi connectivity index (χ4v) is 4.29. The van der Waals surface area contributed by atoms with Gasteiger partial charge in [0.25, 0.3) is 0 Å². The van der Waals surface area contributed by atoms with Gasteiger partial charge >= 0.3 is 0 Å². The summed E-state index contributed by atoms with van der Waals surface area (Å²) in [4.78, 5) is 33.8. The SMILES string of the molecule is CNCCN(CCN(C)C)c1ccc(NCCN(C)C)c2c1C(=O)Cc1c(O)ccc(O)c1C2=O. The molecule has 1 aliphatic carbocycles. The Kier molecular flexibility index (Phi) is 8.71. The van der Waals surface area contributed by atoms with Crippen molar-refractivity contribution in [3.63, 3.8) is 0 Å². The van der Waals surface area contributed by atoms with E-state index in [-0.39, 0.29) is 40.4 Å². The number of likely N-dealkylation sites (N-methyl/N-ethyl adjacent to an activating group) is 3. The van der Waals surface area contributed by atoms with Gasteiger partial charge in [0.05, 0.1) is 16.7 Å². The molecule has 0 atom stereocenters. The normalized spacial score (nSPS) is 13.1. The van der Waals surface area contributed by atoms with E-state index in [4.69, 9.17) is 0 Å². The van der Waals surface area contributed by atoms with Gasteiger partial charge in [0.1, 0.15) is 11.5 Å². The molecule has 0 saturated heterocycles. The summed E-state index contributed by atoms with van der Waals surface area (Å²) in [7, 11) is 9.78. The second-order valence-electron chi connectivity index (χ2n) is 9.39. The maximum atomic E-state index is 13.9. The lowest BCUT2D eigenvalue weighted by Crippen LogP contribution is -2.37. The van der Waals surface area contributed by atoms with Crippen LogP contribution in [-0.2, 0) is 6.42 Å². The molecule has 0 saturated carbocycles. The Bertz CT molecular complexity index is 1080. The van der Waals surface area contributed by atoms with Crippen molar-refractivity contribution >= 4 is 22.9 Å². The monoisotopic (exact) mass is 483 g/mol. The summed E-state index contributed by atoms with van der Waals surface area (Å²) in [6.07, 6.45) is -0.171. The summed E-state index contributed by atoms with van der Waals surface area (Å²) in [5, 5.41) is 27.5. The molecule has 0 aromatic heterocycles. The number of aromatic hydroxyl groups is 2. The zero-order valence-electron chi connectivity index (χ0n) is 21.3. The van der Waals surface area contributed by atoms with Crippen LogP contribution in [0, 0.1) is 0 Å². The van der Waals surface area contributed by atoms with Gasteiger partial charge in [0.2, 0.25) is 0 Å². The average Bonchev–Trinajstić information content (AvgIpc) is 2.92. The van der Waals surface area contributed by atoms with E-state index in [0.717, 1.165) is 13.1 Å². The highest BCUT2D eigenvalue weighted by atomic mass is 16.3. The Hall–Kier alpha value is -3.14. The molecule has 9 nitrogen and oxygen atoms in total. The third-order valence-electron chi connectivity index (χ3n) is 6.18. The standard InChI is InChI=1S/C26H37N5O4/c1-27-10-13-31(15-14-30(4)5)19-7-6-18(28-11-12-29(2)3)24-25(19)22(34)16-17-20(32)8-9-21(33)23(17)26(24)35/h6-9,27-28,32-33H,10-16H2,1-5H3. The van der Waals surface area contributed by atoms with Crippen LogP contribution in [0.15, 0.2) is 24.3 Å². The van der Waals surface area contributed by atoms with Crippen molar-refractivity contribution in [2.75, 3.05) is 84.7 Å². The molecule has 1 aliphatic rings. The Morgan fingerprint density at radius 2 is 1.49 bits per heavy atom. The summed E-state index contributed by atoms with van der Waals surface area (Å²) in [6, 6.07) is 6.34. The number of carbonyl (C=O) groups excluding carboxylic acids is 2. The first-order valence-corrected chi connectivity index (χ1v) is 11.9. The van der Waals surface area contributed by atoms with Crippen LogP contribution in [0.2, 0.25) is 0 Å². The molecule has 190 valence electrons. The second kappa shape index (κ2) is 11.5. The molecule has 2 aromatic rings. The van der Waals surface area contributed by atoms with E-state index in [1.54, 1.807) is 0 Å². The highest BCUT2D eigenvalue weighted by molar-refractivity contribution is 6.24. The summed E-state index contributed by atoms with van der Waals surface area (Å²) in [6.45, 7) is 4.09. The van der Waals surface area contributed by atoms with E-state index >= 15 is 0 Å². The minimum absolute atomic E-state index is 0.0139. The van der Waals surface area contributed by atoms with E-state index in [9.17, 15) is 19.8 Å². The van der Waals surface area contributed by atoms with E-state index in [2.05, 4.69) is 20.4 Å². The summed E-state index contributed by atoms with van der Waals surface area (Å²) < 4.78 is 0. The first-order valence-electron chi connectivity index (χ1n) is 11.9. The van der Waals surface area contributed by atoms with Gasteiger partial charge in [-0.15, -0.1) is 0 Å². The molecule has 0 aliphatic heterocycles. The molecule has 2 aromatic carbocycles. The lowest BCUT2D eigenvalue weighted by atomic mass is 9.94. The number of phenolic OH excluding ortho intramolecular Hbond substituents is 2. The number of nitrogens with one attached hydrogen (secondary N) is 2. The third-order valence-corrected chi connectivity index (χ3v) is 6.18. The molecule has 35 heavy (non-hydrogen) atoms. The van der Waals surface area contributed by atoms with Gasteiger partial charge in [-0.05, 0) is 59.5 Å². The van der Waals surface area contributed by atoms with Crippen LogP contribution in [0.3, 0.4) is 0 Å². The fourth-order valence-electron chi connectivity index (χ4n) is 4.29. The molecule has 0 bridgehead atoms. The van der Waals surface area contributed by atoms with Crippen LogP contribution < -0.4 is 15.5 Å². The van der Waals surface area contributed by atoms with Crippen LogP contribution in [0.5, 0.6) is 11.5 Å². The molecule has 3 rings (SSSR count). The highest BCUT2D eigenvalue weighted by Gasteiger charge is 2.35. The van der Waals surface area contributed by atoms with Crippen LogP contribution in [0.4, 0.5) is 11.4 Å². The number of carbonyl (C=O) groups is 2. The number of Topliss-reactive ketones (excluding diaryl/α,β-unsaturated/α-hetero) is 1. The molecule has 0 heterocycles. The van der Waals surface area contributed by atoms with Gasteiger partial charge in [-0.3, -0.25) is 9.59 Å². The Balaban J connectivity index is 2.20. The summed E-state index contributed by atoms with van der Waals surface area (Å²) in [5.41, 5.74) is 1.94.